The van der Waals surface area contributed by atoms with Crippen molar-refractivity contribution in [3.05, 3.63) is 84.9 Å². The molecule has 4 nitrogen and oxygen atoms in total. The number of hydrogen-bond donors (Lipinski definition) is 0. The summed E-state index contributed by atoms with van der Waals surface area (Å²) >= 11 is 0. The highest BCUT2D eigenvalue weighted by atomic mass is 16.5. The molecule has 4 rings (SSSR count). The predicted molar refractivity (Wildman–Crippen MR) is 98.8 cm³/mol. The number of rotatable bonds is 4. The highest BCUT2D eigenvalue weighted by Crippen LogP contribution is 2.29. The zero-order valence-electron chi connectivity index (χ0n) is 13.8. The standard InChI is InChI=1S/C21H17N3O/c1-25-19-14-12-18(13-15-19)24-22-20(16-8-4-2-5-9-16)21(23-24)17-10-6-3-7-11-17/h2-15H,1H3. The highest BCUT2D eigenvalue weighted by Gasteiger charge is 2.15. The number of aromatic nitrogens is 3. The maximum atomic E-state index is 5.22. The van der Waals surface area contributed by atoms with E-state index in [9.17, 15) is 0 Å². The Labute approximate surface area is 146 Å². The van der Waals surface area contributed by atoms with Gasteiger partial charge in [0.25, 0.3) is 0 Å². The lowest BCUT2D eigenvalue weighted by atomic mass is 10.1. The van der Waals surface area contributed by atoms with Gasteiger partial charge in [0.15, 0.2) is 0 Å². The van der Waals surface area contributed by atoms with Gasteiger partial charge >= 0.3 is 0 Å². The molecule has 122 valence electrons. The molecule has 0 bridgehead atoms. The second-order valence-electron chi connectivity index (χ2n) is 5.62. The summed E-state index contributed by atoms with van der Waals surface area (Å²) in [7, 11) is 1.65. The van der Waals surface area contributed by atoms with Gasteiger partial charge in [0.2, 0.25) is 0 Å². The summed E-state index contributed by atoms with van der Waals surface area (Å²) in [5.74, 6) is 0.808. The molecular formula is C21H17N3O. The van der Waals surface area contributed by atoms with Crippen LogP contribution in [0.3, 0.4) is 0 Å². The summed E-state index contributed by atoms with van der Waals surface area (Å²) in [5, 5.41) is 9.49. The van der Waals surface area contributed by atoms with Crippen molar-refractivity contribution in [3.63, 3.8) is 0 Å². The van der Waals surface area contributed by atoms with Crippen molar-refractivity contribution in [1.82, 2.24) is 15.0 Å². The molecule has 25 heavy (non-hydrogen) atoms. The fourth-order valence-corrected chi connectivity index (χ4v) is 2.72. The van der Waals surface area contributed by atoms with E-state index in [4.69, 9.17) is 14.9 Å². The number of benzene rings is 3. The lowest BCUT2D eigenvalue weighted by Gasteiger charge is -2.01. The Morgan fingerprint density at radius 3 is 1.56 bits per heavy atom. The molecule has 0 saturated heterocycles. The second-order valence-corrected chi connectivity index (χ2v) is 5.62. The molecule has 0 aliphatic carbocycles. The van der Waals surface area contributed by atoms with Crippen LogP contribution in [-0.2, 0) is 0 Å². The molecule has 0 spiro atoms. The number of ether oxygens (including phenoxy) is 1. The fourth-order valence-electron chi connectivity index (χ4n) is 2.72. The van der Waals surface area contributed by atoms with Crippen LogP contribution in [0.4, 0.5) is 0 Å². The van der Waals surface area contributed by atoms with E-state index in [-0.39, 0.29) is 0 Å². The number of hydrogen-bond acceptors (Lipinski definition) is 3. The summed E-state index contributed by atoms with van der Waals surface area (Å²) in [6, 6.07) is 27.9. The van der Waals surface area contributed by atoms with Gasteiger partial charge < -0.3 is 4.74 Å². The van der Waals surface area contributed by atoms with Crippen molar-refractivity contribution in [1.29, 1.82) is 0 Å². The van der Waals surface area contributed by atoms with Gasteiger partial charge in [0.1, 0.15) is 17.1 Å². The quantitative estimate of drug-likeness (QED) is 0.549. The minimum atomic E-state index is 0.808. The Hall–Kier alpha value is -3.40. The summed E-state index contributed by atoms with van der Waals surface area (Å²) < 4.78 is 5.22. The first kappa shape index (κ1) is 15.1. The van der Waals surface area contributed by atoms with Gasteiger partial charge in [-0.05, 0) is 24.3 Å². The lowest BCUT2D eigenvalue weighted by Crippen LogP contribution is -1.98. The molecule has 3 aromatic carbocycles. The molecule has 0 fully saturated rings. The van der Waals surface area contributed by atoms with Crippen molar-refractivity contribution in [2.45, 2.75) is 0 Å². The van der Waals surface area contributed by atoms with Gasteiger partial charge in [-0.2, -0.15) is 4.80 Å². The third kappa shape index (κ3) is 3.02. The molecule has 1 aromatic heterocycles. The molecule has 4 heteroatoms. The van der Waals surface area contributed by atoms with Crippen LogP contribution in [0.2, 0.25) is 0 Å². The molecule has 0 radical (unpaired) electrons. The van der Waals surface area contributed by atoms with Crippen LogP contribution in [0, 0.1) is 0 Å². The minimum Gasteiger partial charge on any atom is -0.497 e. The molecule has 0 atom stereocenters. The molecule has 4 aromatic rings. The Balaban J connectivity index is 1.86. The van der Waals surface area contributed by atoms with E-state index in [0.717, 1.165) is 34.0 Å². The Morgan fingerprint density at radius 1 is 0.640 bits per heavy atom. The predicted octanol–water partition coefficient (Wildman–Crippen LogP) is 4.61. The summed E-state index contributed by atoms with van der Waals surface area (Å²) in [5.41, 5.74) is 4.70. The molecule has 0 aliphatic rings. The fraction of sp³-hybridized carbons (Fsp3) is 0.0476. The number of methoxy groups -OCH3 is 1. The number of nitrogens with zero attached hydrogens (tertiary/aromatic N) is 3. The smallest absolute Gasteiger partial charge is 0.121 e. The van der Waals surface area contributed by atoms with E-state index in [1.54, 1.807) is 11.9 Å². The van der Waals surface area contributed by atoms with Crippen LogP contribution in [0.1, 0.15) is 0 Å². The summed E-state index contributed by atoms with van der Waals surface area (Å²) in [6.07, 6.45) is 0. The van der Waals surface area contributed by atoms with E-state index in [1.165, 1.54) is 0 Å². The van der Waals surface area contributed by atoms with Gasteiger partial charge in [0.05, 0.1) is 12.8 Å². The molecule has 1 heterocycles. The van der Waals surface area contributed by atoms with Crippen LogP contribution < -0.4 is 4.74 Å². The Morgan fingerprint density at radius 2 is 1.12 bits per heavy atom. The lowest BCUT2D eigenvalue weighted by molar-refractivity contribution is 0.414. The first-order chi connectivity index (χ1) is 12.3. The van der Waals surface area contributed by atoms with Crippen molar-refractivity contribution < 1.29 is 4.74 Å². The van der Waals surface area contributed by atoms with Crippen LogP contribution in [0.25, 0.3) is 28.2 Å². The van der Waals surface area contributed by atoms with E-state index in [1.807, 2.05) is 60.7 Å². The Kier molecular flexibility index (Phi) is 4.01. The summed E-state index contributed by atoms with van der Waals surface area (Å²) in [4.78, 5) is 1.67. The monoisotopic (exact) mass is 327 g/mol. The van der Waals surface area contributed by atoms with Gasteiger partial charge in [-0.3, -0.25) is 0 Å². The van der Waals surface area contributed by atoms with Crippen molar-refractivity contribution in [2.75, 3.05) is 7.11 Å². The van der Waals surface area contributed by atoms with Gasteiger partial charge in [-0.25, -0.2) is 0 Å². The first-order valence-corrected chi connectivity index (χ1v) is 8.08. The zero-order valence-corrected chi connectivity index (χ0v) is 13.8. The van der Waals surface area contributed by atoms with Crippen molar-refractivity contribution in [2.24, 2.45) is 0 Å². The van der Waals surface area contributed by atoms with E-state index < -0.39 is 0 Å². The second kappa shape index (κ2) is 6.61. The van der Waals surface area contributed by atoms with Crippen LogP contribution in [0.5, 0.6) is 5.75 Å². The SMILES string of the molecule is COc1ccc(-n2nc(-c3ccccc3)c(-c3ccccc3)n2)cc1. The maximum absolute atomic E-state index is 5.22. The van der Waals surface area contributed by atoms with Gasteiger partial charge in [-0.1, -0.05) is 60.7 Å². The third-order valence-corrected chi connectivity index (χ3v) is 4.01. The molecule has 0 amide bonds. The Bertz CT molecular complexity index is 904. The zero-order chi connectivity index (χ0) is 17.1. The highest BCUT2D eigenvalue weighted by molar-refractivity contribution is 5.77. The minimum absolute atomic E-state index is 0.808. The average molecular weight is 327 g/mol. The van der Waals surface area contributed by atoms with E-state index in [2.05, 4.69) is 24.3 Å². The van der Waals surface area contributed by atoms with Gasteiger partial charge in [-0.15, -0.1) is 10.2 Å². The molecule has 0 aliphatic heterocycles. The van der Waals surface area contributed by atoms with Crippen molar-refractivity contribution in [3.8, 4) is 34.0 Å². The molecule has 0 N–H and O–H groups in total. The van der Waals surface area contributed by atoms with Crippen LogP contribution in [0.15, 0.2) is 84.9 Å². The van der Waals surface area contributed by atoms with E-state index in [0.29, 0.717) is 0 Å². The third-order valence-electron chi connectivity index (χ3n) is 4.01. The maximum Gasteiger partial charge on any atom is 0.121 e. The van der Waals surface area contributed by atoms with E-state index >= 15 is 0 Å². The molecule has 0 unspecified atom stereocenters. The largest absolute Gasteiger partial charge is 0.497 e. The summed E-state index contributed by atoms with van der Waals surface area (Å²) in [6.45, 7) is 0. The topological polar surface area (TPSA) is 39.9 Å². The normalized spacial score (nSPS) is 10.6. The van der Waals surface area contributed by atoms with Crippen LogP contribution >= 0.6 is 0 Å². The average Bonchev–Trinajstić information content (AvgIpc) is 3.15. The molecular weight excluding hydrogens is 310 g/mol. The van der Waals surface area contributed by atoms with Gasteiger partial charge in [0, 0.05) is 11.1 Å². The first-order valence-electron chi connectivity index (χ1n) is 8.08. The van der Waals surface area contributed by atoms with Crippen LogP contribution in [-0.4, -0.2) is 22.1 Å². The van der Waals surface area contributed by atoms with Crippen molar-refractivity contribution >= 4 is 0 Å². The molecule has 0 saturated carbocycles.